The molecule has 1 aromatic heterocycles. The molecule has 1 fully saturated rings. The SMILES string of the molecule is N#CCSc1ccccc1C(=O)NCc1ccc(N2CCCC2)nc1. The van der Waals surface area contributed by atoms with Crippen molar-refractivity contribution in [3.05, 3.63) is 53.7 Å². The smallest absolute Gasteiger partial charge is 0.252 e. The first kappa shape index (κ1) is 17.3. The highest BCUT2D eigenvalue weighted by atomic mass is 32.2. The van der Waals surface area contributed by atoms with E-state index in [1.807, 2.05) is 36.5 Å². The maximum atomic E-state index is 12.4. The number of anilines is 1. The zero-order valence-electron chi connectivity index (χ0n) is 13.9. The van der Waals surface area contributed by atoms with Crippen molar-refractivity contribution >= 4 is 23.5 Å². The van der Waals surface area contributed by atoms with Crippen LogP contribution in [0.2, 0.25) is 0 Å². The van der Waals surface area contributed by atoms with Crippen LogP contribution in [-0.2, 0) is 6.54 Å². The first-order valence-corrected chi connectivity index (χ1v) is 9.33. The molecular weight excluding hydrogens is 332 g/mol. The number of nitriles is 1. The Morgan fingerprint density at radius 3 is 2.76 bits per heavy atom. The molecule has 6 heteroatoms. The van der Waals surface area contributed by atoms with Gasteiger partial charge < -0.3 is 10.2 Å². The molecule has 1 aromatic carbocycles. The van der Waals surface area contributed by atoms with Crippen molar-refractivity contribution in [2.24, 2.45) is 0 Å². The summed E-state index contributed by atoms with van der Waals surface area (Å²) < 4.78 is 0. The normalized spacial score (nSPS) is 13.5. The number of rotatable bonds is 6. The third-order valence-electron chi connectivity index (χ3n) is 4.12. The summed E-state index contributed by atoms with van der Waals surface area (Å²) >= 11 is 1.37. The van der Waals surface area contributed by atoms with Gasteiger partial charge in [0.05, 0.1) is 17.4 Å². The first-order valence-electron chi connectivity index (χ1n) is 8.35. The second kappa shape index (κ2) is 8.54. The van der Waals surface area contributed by atoms with E-state index in [0.29, 0.717) is 17.9 Å². The number of benzene rings is 1. The van der Waals surface area contributed by atoms with Gasteiger partial charge in [-0.3, -0.25) is 4.79 Å². The van der Waals surface area contributed by atoms with E-state index in [4.69, 9.17) is 5.26 Å². The average Bonchev–Trinajstić information content (AvgIpc) is 3.20. The van der Waals surface area contributed by atoms with Gasteiger partial charge in [0.15, 0.2) is 0 Å². The minimum Gasteiger partial charge on any atom is -0.357 e. The minimum atomic E-state index is -0.135. The quantitative estimate of drug-likeness (QED) is 0.809. The Kier molecular flexibility index (Phi) is 5.91. The molecule has 0 bridgehead atoms. The highest BCUT2D eigenvalue weighted by Crippen LogP contribution is 2.22. The van der Waals surface area contributed by atoms with Crippen LogP contribution in [0.3, 0.4) is 0 Å². The van der Waals surface area contributed by atoms with Gasteiger partial charge >= 0.3 is 0 Å². The van der Waals surface area contributed by atoms with Gasteiger partial charge in [-0.1, -0.05) is 18.2 Å². The summed E-state index contributed by atoms with van der Waals surface area (Å²) in [6, 6.07) is 13.5. The van der Waals surface area contributed by atoms with E-state index >= 15 is 0 Å². The van der Waals surface area contributed by atoms with Crippen LogP contribution in [0.5, 0.6) is 0 Å². The molecule has 0 unspecified atom stereocenters. The molecule has 1 aliphatic heterocycles. The van der Waals surface area contributed by atoms with Crippen LogP contribution in [-0.4, -0.2) is 29.7 Å². The molecule has 3 rings (SSSR count). The van der Waals surface area contributed by atoms with Crippen LogP contribution >= 0.6 is 11.8 Å². The van der Waals surface area contributed by atoms with Crippen molar-refractivity contribution in [2.45, 2.75) is 24.3 Å². The van der Waals surface area contributed by atoms with E-state index in [2.05, 4.69) is 21.3 Å². The molecule has 5 nitrogen and oxygen atoms in total. The number of hydrogen-bond donors (Lipinski definition) is 1. The highest BCUT2D eigenvalue weighted by molar-refractivity contribution is 7.99. The molecule has 0 spiro atoms. The van der Waals surface area contributed by atoms with Gasteiger partial charge in [-0.05, 0) is 36.6 Å². The molecule has 0 saturated carbocycles. The predicted octanol–water partition coefficient (Wildman–Crippen LogP) is 3.23. The zero-order chi connectivity index (χ0) is 17.5. The number of aromatic nitrogens is 1. The zero-order valence-corrected chi connectivity index (χ0v) is 14.8. The summed E-state index contributed by atoms with van der Waals surface area (Å²) in [7, 11) is 0. The fourth-order valence-electron chi connectivity index (χ4n) is 2.82. The second-order valence-electron chi connectivity index (χ2n) is 5.84. The number of hydrogen-bond acceptors (Lipinski definition) is 5. The molecule has 25 heavy (non-hydrogen) atoms. The summed E-state index contributed by atoms with van der Waals surface area (Å²) in [4.78, 5) is 20.1. The number of thioether (sulfide) groups is 1. The second-order valence-corrected chi connectivity index (χ2v) is 6.86. The van der Waals surface area contributed by atoms with Crippen LogP contribution in [0.25, 0.3) is 0 Å². The maximum Gasteiger partial charge on any atom is 0.252 e. The van der Waals surface area contributed by atoms with Gasteiger partial charge in [0, 0.05) is 30.7 Å². The highest BCUT2D eigenvalue weighted by Gasteiger charge is 2.14. The van der Waals surface area contributed by atoms with Crippen molar-refractivity contribution in [3.63, 3.8) is 0 Å². The molecule has 1 N–H and O–H groups in total. The molecule has 0 aliphatic carbocycles. The van der Waals surface area contributed by atoms with E-state index in [9.17, 15) is 4.79 Å². The van der Waals surface area contributed by atoms with Crippen LogP contribution in [0, 0.1) is 11.3 Å². The Labute approximate surface area is 152 Å². The Morgan fingerprint density at radius 1 is 1.24 bits per heavy atom. The van der Waals surface area contributed by atoms with Crippen molar-refractivity contribution in [1.29, 1.82) is 5.26 Å². The lowest BCUT2D eigenvalue weighted by Crippen LogP contribution is -2.24. The summed E-state index contributed by atoms with van der Waals surface area (Å²) in [5.41, 5.74) is 1.57. The van der Waals surface area contributed by atoms with Crippen molar-refractivity contribution in [2.75, 3.05) is 23.7 Å². The summed E-state index contributed by atoms with van der Waals surface area (Å²) in [5.74, 6) is 1.20. The lowest BCUT2D eigenvalue weighted by Gasteiger charge is -2.16. The molecule has 1 amide bonds. The molecule has 1 saturated heterocycles. The molecule has 2 aromatic rings. The Morgan fingerprint density at radius 2 is 2.04 bits per heavy atom. The van der Waals surface area contributed by atoms with Crippen LogP contribution in [0.4, 0.5) is 5.82 Å². The fourth-order valence-corrected chi connectivity index (χ4v) is 3.53. The first-order chi connectivity index (χ1) is 12.3. The maximum absolute atomic E-state index is 12.4. The van der Waals surface area contributed by atoms with Crippen molar-refractivity contribution in [3.8, 4) is 6.07 Å². The molecule has 128 valence electrons. The van der Waals surface area contributed by atoms with E-state index in [0.717, 1.165) is 29.4 Å². The number of carbonyl (C=O) groups is 1. The Bertz CT molecular complexity index is 764. The average molecular weight is 352 g/mol. The van der Waals surface area contributed by atoms with Crippen LogP contribution in [0.1, 0.15) is 28.8 Å². The third-order valence-corrected chi connectivity index (χ3v) is 5.06. The standard InChI is InChI=1S/C19H20N4OS/c20-9-12-25-17-6-2-1-5-16(17)19(24)22-14-15-7-8-18(21-13-15)23-10-3-4-11-23/h1-2,5-8,13H,3-4,10-12,14H2,(H,22,24). The van der Waals surface area contributed by atoms with Crippen molar-refractivity contribution in [1.82, 2.24) is 10.3 Å². The fraction of sp³-hybridized carbons (Fsp3) is 0.316. The van der Waals surface area contributed by atoms with Crippen LogP contribution < -0.4 is 10.2 Å². The number of nitrogens with one attached hydrogen (secondary N) is 1. The third kappa shape index (κ3) is 4.52. The molecule has 0 radical (unpaired) electrons. The summed E-state index contributed by atoms with van der Waals surface area (Å²) in [5, 5.41) is 11.7. The van der Waals surface area contributed by atoms with Gasteiger partial charge in [0.2, 0.25) is 0 Å². The topological polar surface area (TPSA) is 69.0 Å². The summed E-state index contributed by atoms with van der Waals surface area (Å²) in [6.07, 6.45) is 4.27. The van der Waals surface area contributed by atoms with E-state index in [1.54, 1.807) is 6.07 Å². The van der Waals surface area contributed by atoms with Gasteiger partial charge in [-0.15, -0.1) is 11.8 Å². The molecule has 1 aliphatic rings. The Hall–Kier alpha value is -2.52. The number of pyridine rings is 1. The monoisotopic (exact) mass is 352 g/mol. The van der Waals surface area contributed by atoms with Gasteiger partial charge in [0.25, 0.3) is 5.91 Å². The lowest BCUT2D eigenvalue weighted by molar-refractivity contribution is 0.0948. The van der Waals surface area contributed by atoms with E-state index < -0.39 is 0 Å². The number of nitrogens with zero attached hydrogens (tertiary/aromatic N) is 3. The number of carbonyl (C=O) groups excluding carboxylic acids is 1. The Balaban J connectivity index is 1.60. The van der Waals surface area contributed by atoms with Gasteiger partial charge in [-0.25, -0.2) is 4.98 Å². The molecule has 0 atom stereocenters. The molecule has 2 heterocycles. The van der Waals surface area contributed by atoms with Crippen molar-refractivity contribution < 1.29 is 4.79 Å². The van der Waals surface area contributed by atoms with E-state index in [1.165, 1.54) is 24.6 Å². The van der Waals surface area contributed by atoms with Gasteiger partial charge in [0.1, 0.15) is 5.82 Å². The largest absolute Gasteiger partial charge is 0.357 e. The summed E-state index contributed by atoms with van der Waals surface area (Å²) in [6.45, 7) is 2.57. The van der Waals surface area contributed by atoms with Gasteiger partial charge in [-0.2, -0.15) is 5.26 Å². The van der Waals surface area contributed by atoms with E-state index in [-0.39, 0.29) is 5.91 Å². The predicted molar refractivity (Wildman–Crippen MR) is 99.6 cm³/mol. The molecular formula is C19H20N4OS. The number of amides is 1. The lowest BCUT2D eigenvalue weighted by atomic mass is 10.2. The minimum absolute atomic E-state index is 0.135. The van der Waals surface area contributed by atoms with Crippen LogP contribution in [0.15, 0.2) is 47.5 Å².